The number of hydrogen-bond donors (Lipinski definition) is 1. The topological polar surface area (TPSA) is 63.4 Å². The van der Waals surface area contributed by atoms with Crippen LogP contribution in [0, 0.1) is 0 Å². The molecule has 0 saturated carbocycles. The molecule has 2 N–H and O–H groups in total. The van der Waals surface area contributed by atoms with Crippen LogP contribution in [0.1, 0.15) is 20.8 Å². The molecular weight excluding hydrogens is 208 g/mol. The van der Waals surface area contributed by atoms with Crippen molar-refractivity contribution in [2.24, 2.45) is 5.73 Å². The number of thiocarbonyl (C=S) groups is 1. The van der Waals surface area contributed by atoms with Crippen molar-refractivity contribution in [3.8, 4) is 0 Å². The Kier molecular flexibility index (Phi) is 4.80. The van der Waals surface area contributed by atoms with Gasteiger partial charge in [-0.2, -0.15) is 0 Å². The van der Waals surface area contributed by atoms with Crippen LogP contribution >= 0.6 is 12.2 Å². The molecule has 0 aromatic carbocycles. The molecule has 13 heavy (non-hydrogen) atoms. The zero-order valence-electron chi connectivity index (χ0n) is 8.15. The fourth-order valence-corrected chi connectivity index (χ4v) is 2.78. The lowest BCUT2D eigenvalue weighted by Gasteiger charge is -2.22. The van der Waals surface area contributed by atoms with E-state index in [1.54, 1.807) is 13.8 Å². The van der Waals surface area contributed by atoms with Crippen LogP contribution in [0.5, 0.6) is 0 Å². The summed E-state index contributed by atoms with van der Waals surface area (Å²) < 4.78 is 24.7. The van der Waals surface area contributed by atoms with Crippen LogP contribution in [0.15, 0.2) is 0 Å². The lowest BCUT2D eigenvalue weighted by atomic mass is 10.5. The van der Waals surface area contributed by atoms with Crippen LogP contribution in [0.3, 0.4) is 0 Å². The first-order chi connectivity index (χ1) is 5.87. The molecule has 4 nitrogen and oxygen atoms in total. The Labute approximate surface area is 85.1 Å². The van der Waals surface area contributed by atoms with E-state index in [0.29, 0.717) is 13.1 Å². The van der Waals surface area contributed by atoms with E-state index in [1.807, 2.05) is 0 Å². The molecule has 0 aromatic heterocycles. The minimum Gasteiger partial charge on any atom is -0.392 e. The predicted molar refractivity (Wildman–Crippen MR) is 58.1 cm³/mol. The van der Waals surface area contributed by atoms with E-state index in [4.69, 9.17) is 5.73 Å². The van der Waals surface area contributed by atoms with E-state index in [9.17, 15) is 8.42 Å². The first-order valence-corrected chi connectivity index (χ1v) is 6.07. The predicted octanol–water partition coefficient (Wildman–Crippen LogP) is 0.333. The maximum absolute atomic E-state index is 11.7. The molecule has 0 aromatic rings. The Morgan fingerprint density at radius 2 is 1.85 bits per heavy atom. The highest BCUT2D eigenvalue weighted by Gasteiger charge is 2.28. The van der Waals surface area contributed by atoms with Gasteiger partial charge in [0.2, 0.25) is 10.0 Å². The van der Waals surface area contributed by atoms with Crippen molar-refractivity contribution in [1.29, 1.82) is 0 Å². The third kappa shape index (κ3) is 2.89. The Hall–Kier alpha value is -0.200. The molecule has 0 rings (SSSR count). The van der Waals surface area contributed by atoms with Gasteiger partial charge in [0.25, 0.3) is 0 Å². The molecule has 1 atom stereocenters. The summed E-state index contributed by atoms with van der Waals surface area (Å²) in [5, 5.41) is -0.776. The molecule has 0 aliphatic heterocycles. The van der Waals surface area contributed by atoms with E-state index in [1.165, 1.54) is 11.2 Å². The van der Waals surface area contributed by atoms with Gasteiger partial charge in [0.1, 0.15) is 5.25 Å². The molecule has 6 heteroatoms. The monoisotopic (exact) mass is 224 g/mol. The number of sulfonamides is 1. The molecule has 0 amide bonds. The summed E-state index contributed by atoms with van der Waals surface area (Å²) in [5.41, 5.74) is 5.29. The van der Waals surface area contributed by atoms with Crippen molar-refractivity contribution in [1.82, 2.24) is 4.31 Å². The Morgan fingerprint density at radius 1 is 1.46 bits per heavy atom. The molecule has 0 fully saturated rings. The van der Waals surface area contributed by atoms with E-state index in [-0.39, 0.29) is 4.99 Å². The molecule has 0 heterocycles. The van der Waals surface area contributed by atoms with Gasteiger partial charge in [-0.15, -0.1) is 0 Å². The van der Waals surface area contributed by atoms with Crippen molar-refractivity contribution >= 4 is 27.2 Å². The van der Waals surface area contributed by atoms with Gasteiger partial charge in [-0.1, -0.05) is 26.1 Å². The average Bonchev–Trinajstić information content (AvgIpc) is 2.04. The molecule has 78 valence electrons. The van der Waals surface area contributed by atoms with Crippen molar-refractivity contribution in [2.45, 2.75) is 26.0 Å². The van der Waals surface area contributed by atoms with Gasteiger partial charge >= 0.3 is 0 Å². The highest BCUT2D eigenvalue weighted by Crippen LogP contribution is 2.08. The largest absolute Gasteiger partial charge is 0.392 e. The second-order valence-electron chi connectivity index (χ2n) is 2.67. The summed E-state index contributed by atoms with van der Waals surface area (Å²) in [7, 11) is -3.33. The van der Waals surface area contributed by atoms with Crippen molar-refractivity contribution < 1.29 is 8.42 Å². The third-order valence-corrected chi connectivity index (χ3v) is 4.80. The van der Waals surface area contributed by atoms with E-state index in [2.05, 4.69) is 12.2 Å². The summed E-state index contributed by atoms with van der Waals surface area (Å²) >= 11 is 4.65. The Bertz CT molecular complexity index is 270. The van der Waals surface area contributed by atoms with Crippen LogP contribution < -0.4 is 5.73 Å². The first-order valence-electron chi connectivity index (χ1n) is 4.16. The van der Waals surface area contributed by atoms with Crippen LogP contribution in [0.2, 0.25) is 0 Å². The van der Waals surface area contributed by atoms with Gasteiger partial charge in [-0.3, -0.25) is 0 Å². The van der Waals surface area contributed by atoms with Gasteiger partial charge < -0.3 is 5.73 Å². The number of hydrogen-bond acceptors (Lipinski definition) is 3. The minimum atomic E-state index is -3.33. The normalized spacial score (nSPS) is 14.5. The number of nitrogens with zero attached hydrogens (tertiary/aromatic N) is 1. The zero-order chi connectivity index (χ0) is 10.6. The molecular formula is C7H16N2O2S2. The smallest absolute Gasteiger partial charge is 0.223 e. The van der Waals surface area contributed by atoms with Crippen LogP contribution in [0.4, 0.5) is 0 Å². The highest BCUT2D eigenvalue weighted by atomic mass is 32.2. The van der Waals surface area contributed by atoms with E-state index in [0.717, 1.165) is 0 Å². The van der Waals surface area contributed by atoms with Gasteiger partial charge in [0.15, 0.2) is 0 Å². The number of rotatable bonds is 5. The molecule has 0 aliphatic rings. The Morgan fingerprint density at radius 3 is 2.08 bits per heavy atom. The van der Waals surface area contributed by atoms with Crippen molar-refractivity contribution in [3.05, 3.63) is 0 Å². The zero-order valence-corrected chi connectivity index (χ0v) is 9.78. The van der Waals surface area contributed by atoms with E-state index < -0.39 is 15.3 Å². The molecule has 0 aliphatic carbocycles. The van der Waals surface area contributed by atoms with Crippen molar-refractivity contribution in [3.63, 3.8) is 0 Å². The molecule has 0 radical (unpaired) electrons. The summed E-state index contributed by atoms with van der Waals surface area (Å²) in [6, 6.07) is 0. The van der Waals surface area contributed by atoms with Gasteiger partial charge in [0.05, 0.1) is 4.99 Å². The third-order valence-electron chi connectivity index (χ3n) is 1.91. The average molecular weight is 224 g/mol. The van der Waals surface area contributed by atoms with Gasteiger partial charge in [-0.25, -0.2) is 12.7 Å². The molecule has 0 spiro atoms. The quantitative estimate of drug-likeness (QED) is 0.684. The second kappa shape index (κ2) is 4.88. The molecule has 0 bridgehead atoms. The Balaban J connectivity index is 4.84. The first kappa shape index (κ1) is 12.8. The van der Waals surface area contributed by atoms with E-state index >= 15 is 0 Å². The van der Waals surface area contributed by atoms with Crippen molar-refractivity contribution in [2.75, 3.05) is 13.1 Å². The lowest BCUT2D eigenvalue weighted by Crippen LogP contribution is -2.42. The maximum atomic E-state index is 11.7. The SMILES string of the molecule is CCN(CC)S(=O)(=O)C(C)C(N)=S. The van der Waals surface area contributed by atoms with Crippen LogP contribution in [-0.4, -0.2) is 36.1 Å². The number of nitrogens with two attached hydrogens (primary N) is 1. The van der Waals surface area contributed by atoms with Gasteiger partial charge in [0, 0.05) is 13.1 Å². The minimum absolute atomic E-state index is 0.0203. The van der Waals surface area contributed by atoms with Crippen LogP contribution in [-0.2, 0) is 10.0 Å². The highest BCUT2D eigenvalue weighted by molar-refractivity contribution is 7.92. The second-order valence-corrected chi connectivity index (χ2v) is 5.40. The maximum Gasteiger partial charge on any atom is 0.223 e. The summed E-state index contributed by atoms with van der Waals surface area (Å²) in [4.78, 5) is 0.0203. The fraction of sp³-hybridized carbons (Fsp3) is 0.857. The lowest BCUT2D eigenvalue weighted by molar-refractivity contribution is 0.443. The van der Waals surface area contributed by atoms with Gasteiger partial charge in [-0.05, 0) is 6.92 Å². The fourth-order valence-electron chi connectivity index (χ4n) is 0.954. The standard InChI is InChI=1S/C7H16N2O2S2/c1-4-9(5-2)13(10,11)6(3)7(8)12/h6H,4-5H2,1-3H3,(H2,8,12). The summed E-state index contributed by atoms with van der Waals surface area (Å²) in [5.74, 6) is 0. The summed E-state index contributed by atoms with van der Waals surface area (Å²) in [6.07, 6.45) is 0. The molecule has 0 saturated heterocycles. The summed E-state index contributed by atoms with van der Waals surface area (Å²) in [6.45, 7) is 5.98. The molecule has 1 unspecified atom stereocenters. The van der Waals surface area contributed by atoms with Crippen LogP contribution in [0.25, 0.3) is 0 Å².